The number of carbonyl (C=O) groups excluding carboxylic acids is 3. The maximum atomic E-state index is 12.0. The van der Waals surface area contributed by atoms with Gasteiger partial charge < -0.3 is 20.0 Å². The Morgan fingerprint density at radius 1 is 0.844 bits per heavy atom. The number of esters is 1. The number of nitrogens with one attached hydrogen (secondary N) is 2. The fourth-order valence-corrected chi connectivity index (χ4v) is 3.57. The van der Waals surface area contributed by atoms with Crippen LogP contribution in [0.1, 0.15) is 109 Å². The molecule has 0 rings (SSSR count). The van der Waals surface area contributed by atoms with Crippen LogP contribution >= 0.6 is 0 Å². The number of nitrogens with zero attached hydrogens (tertiary/aromatic N) is 2. The smallest absolute Gasteiger partial charge is 0.328 e. The number of unbranched alkanes of at least 4 members (excludes halogenated alkanes) is 13. The first kappa shape index (κ1) is 29.7. The van der Waals surface area contributed by atoms with Crippen LogP contribution in [0.3, 0.4) is 0 Å². The largest absolute Gasteiger partial charge is 0.550 e. The van der Waals surface area contributed by atoms with Gasteiger partial charge in [-0.2, -0.15) is 0 Å². The first-order valence-corrected chi connectivity index (χ1v) is 12.1. The van der Waals surface area contributed by atoms with Crippen molar-refractivity contribution in [1.82, 2.24) is 10.2 Å². The van der Waals surface area contributed by atoms with Crippen LogP contribution in [-0.2, 0) is 19.1 Å². The van der Waals surface area contributed by atoms with Gasteiger partial charge in [-0.15, -0.1) is 0 Å². The fraction of sp³-hybridized carbons (Fsp3) is 0.870. The topological polar surface area (TPSA) is 146 Å². The zero-order chi connectivity index (χ0) is 23.9. The predicted molar refractivity (Wildman–Crippen MR) is 120 cm³/mol. The van der Waals surface area contributed by atoms with Crippen molar-refractivity contribution in [2.75, 3.05) is 13.7 Å². The lowest BCUT2D eigenvalue weighted by Gasteiger charge is -2.14. The molecule has 0 heterocycles. The van der Waals surface area contributed by atoms with Crippen LogP contribution in [0.2, 0.25) is 0 Å². The van der Waals surface area contributed by atoms with E-state index in [0.29, 0.717) is 6.42 Å². The van der Waals surface area contributed by atoms with E-state index in [-0.39, 0.29) is 25.3 Å². The molecule has 9 nitrogen and oxygen atoms in total. The number of carbonyl (C=O) groups is 3. The summed E-state index contributed by atoms with van der Waals surface area (Å²) < 4.78 is 4.69. The molecule has 0 aromatic heterocycles. The van der Waals surface area contributed by atoms with Crippen LogP contribution in [0.25, 0.3) is 0 Å². The average Bonchev–Trinajstić information content (AvgIpc) is 2.77. The molecule has 0 bridgehead atoms. The molecule has 0 saturated heterocycles. The lowest BCUT2D eigenvalue weighted by molar-refractivity contribution is -0.305. The second-order valence-electron chi connectivity index (χ2n) is 8.22. The molecular formula is C23H42N4O5. The van der Waals surface area contributed by atoms with Crippen molar-refractivity contribution in [3.05, 3.63) is 0 Å². The van der Waals surface area contributed by atoms with Gasteiger partial charge in [0.25, 0.3) is 0 Å². The number of aliphatic carboxylic acids is 1. The van der Waals surface area contributed by atoms with Gasteiger partial charge in [-0.05, 0) is 19.3 Å². The van der Waals surface area contributed by atoms with Gasteiger partial charge in [-0.3, -0.25) is 4.79 Å². The number of ether oxygens (including phenoxy) is 1. The Bertz CT molecular complexity index is 565. The highest BCUT2D eigenvalue weighted by molar-refractivity contribution is 5.84. The van der Waals surface area contributed by atoms with Crippen LogP contribution < -0.4 is 15.3 Å². The molecule has 1 amide bonds. The molecule has 0 aromatic rings. The third-order valence-electron chi connectivity index (χ3n) is 5.44. The van der Waals surface area contributed by atoms with Crippen LogP contribution in [0.4, 0.5) is 0 Å². The summed E-state index contributed by atoms with van der Waals surface area (Å²) in [7, 11) is 1.28. The van der Waals surface area contributed by atoms with Gasteiger partial charge in [0, 0.05) is 18.8 Å². The van der Waals surface area contributed by atoms with Crippen molar-refractivity contribution in [3.63, 3.8) is 0 Å². The van der Waals surface area contributed by atoms with E-state index in [1.165, 1.54) is 58.5 Å². The first-order chi connectivity index (χ1) is 15.5. The molecule has 0 aliphatic rings. The number of rotatable bonds is 22. The highest BCUT2D eigenvalue weighted by Gasteiger charge is 2.21. The molecule has 0 saturated carbocycles. The van der Waals surface area contributed by atoms with Crippen molar-refractivity contribution in [3.8, 4) is 0 Å². The van der Waals surface area contributed by atoms with E-state index in [1.807, 2.05) is 0 Å². The van der Waals surface area contributed by atoms with E-state index in [4.69, 9.17) is 5.53 Å². The summed E-state index contributed by atoms with van der Waals surface area (Å²) in [4.78, 5) is 36.9. The molecule has 2 N–H and O–H groups in total. The minimum Gasteiger partial charge on any atom is -0.550 e. The maximum absolute atomic E-state index is 12.0. The molecule has 0 aliphatic carbocycles. The Balaban J connectivity index is 3.51. The van der Waals surface area contributed by atoms with E-state index in [1.54, 1.807) is 0 Å². The maximum Gasteiger partial charge on any atom is 0.328 e. The number of amides is 1. The highest BCUT2D eigenvalue weighted by atomic mass is 16.5. The Kier molecular flexibility index (Phi) is 20.4. The fourth-order valence-electron chi connectivity index (χ4n) is 3.57. The van der Waals surface area contributed by atoms with Gasteiger partial charge in [0.15, 0.2) is 0 Å². The summed E-state index contributed by atoms with van der Waals surface area (Å²) in [5, 5.41) is 16.5. The molecule has 0 aromatic carbocycles. The van der Waals surface area contributed by atoms with Crippen LogP contribution in [-0.4, -0.2) is 37.5 Å². The van der Waals surface area contributed by atoms with Crippen LogP contribution in [0, 0.1) is 5.53 Å². The summed E-state index contributed by atoms with van der Waals surface area (Å²) in [6.45, 7) is 0.191. The Labute approximate surface area is 192 Å². The van der Waals surface area contributed by atoms with Crippen molar-refractivity contribution >= 4 is 17.8 Å². The van der Waals surface area contributed by atoms with Crippen molar-refractivity contribution in [1.29, 1.82) is 5.53 Å². The van der Waals surface area contributed by atoms with Gasteiger partial charge in [0.2, 0.25) is 10.8 Å². The number of hydrogen-bond donors (Lipinski definition) is 2. The molecule has 0 spiro atoms. The quantitative estimate of drug-likeness (QED) is 0.111. The number of hydrogen-bond acceptors (Lipinski definition) is 7. The van der Waals surface area contributed by atoms with Crippen molar-refractivity contribution < 1.29 is 24.2 Å². The van der Waals surface area contributed by atoms with Crippen LogP contribution in [0.5, 0.6) is 0 Å². The van der Waals surface area contributed by atoms with Crippen molar-refractivity contribution in [2.24, 2.45) is 5.11 Å². The molecule has 9 heteroatoms. The second-order valence-corrected chi connectivity index (χ2v) is 8.22. The Morgan fingerprint density at radius 3 is 1.69 bits per heavy atom. The SMILES string of the molecule is COC(=O)C(CCN=[N+]=N)NC(=O)CCCCCCCCCCCCCCCCC(=O)[O-]. The summed E-state index contributed by atoms with van der Waals surface area (Å²) >= 11 is 0. The molecule has 32 heavy (non-hydrogen) atoms. The normalized spacial score (nSPS) is 11.4. The Hall–Kier alpha value is -2.28. The molecule has 1 unspecified atom stereocenters. The third-order valence-corrected chi connectivity index (χ3v) is 5.44. The molecule has 0 radical (unpaired) electrons. The lowest BCUT2D eigenvalue weighted by atomic mass is 10.0. The van der Waals surface area contributed by atoms with Crippen molar-refractivity contribution in [2.45, 2.75) is 115 Å². The summed E-state index contributed by atoms with van der Waals surface area (Å²) in [5.41, 5.74) is 6.63. The number of methoxy groups -OCH3 is 1. The van der Waals surface area contributed by atoms with Crippen LogP contribution in [0.15, 0.2) is 5.11 Å². The molecular weight excluding hydrogens is 412 g/mol. The minimum atomic E-state index is -0.943. The predicted octanol–water partition coefficient (Wildman–Crippen LogP) is 3.58. The lowest BCUT2D eigenvalue weighted by Crippen LogP contribution is -2.41. The Morgan fingerprint density at radius 2 is 1.28 bits per heavy atom. The number of carboxylic acids is 1. The summed E-state index contributed by atoms with van der Waals surface area (Å²) in [5.74, 6) is -1.62. The van der Waals surface area contributed by atoms with E-state index in [9.17, 15) is 19.5 Å². The molecule has 0 fully saturated rings. The molecule has 184 valence electrons. The van der Waals surface area contributed by atoms with E-state index < -0.39 is 18.0 Å². The standard InChI is InChI=1S/C23H42N4O5/c1-32-23(31)20(18-19-25-27-24)26-21(28)16-14-12-10-8-6-4-2-3-5-7-9-11-13-15-17-22(29)30/h20,24H,2-19H2,1H3,(H-,26,28,29,30). The van der Waals surface area contributed by atoms with E-state index in [0.717, 1.165) is 38.5 Å². The molecule has 0 aliphatic heterocycles. The third kappa shape index (κ3) is 19.7. The summed E-state index contributed by atoms with van der Waals surface area (Å²) in [6, 6.07) is -0.743. The second kappa shape index (κ2) is 21.9. The minimum absolute atomic E-state index is 0.165. The summed E-state index contributed by atoms with van der Waals surface area (Å²) in [6.07, 6.45) is 16.5. The average molecular weight is 455 g/mol. The zero-order valence-corrected chi connectivity index (χ0v) is 19.7. The zero-order valence-electron chi connectivity index (χ0n) is 19.7. The highest BCUT2D eigenvalue weighted by Crippen LogP contribution is 2.13. The number of carboxylic acid groups (broad SMARTS) is 1. The monoisotopic (exact) mass is 454 g/mol. The first-order valence-electron chi connectivity index (χ1n) is 12.1. The molecule has 1 atom stereocenters. The van der Waals surface area contributed by atoms with Gasteiger partial charge >= 0.3 is 5.97 Å². The van der Waals surface area contributed by atoms with E-state index >= 15 is 0 Å². The van der Waals surface area contributed by atoms with Gasteiger partial charge in [-0.1, -0.05) is 77.0 Å². The van der Waals surface area contributed by atoms with E-state index in [2.05, 4.69) is 20.1 Å². The van der Waals surface area contributed by atoms with Gasteiger partial charge in [0.1, 0.15) is 23.2 Å². The van der Waals surface area contributed by atoms with Gasteiger partial charge in [-0.25, -0.2) is 4.79 Å². The van der Waals surface area contributed by atoms with Gasteiger partial charge in [0.05, 0.1) is 7.11 Å².